The number of sulfonamides is 1. The number of carbonyl (C=O) groups excluding carboxylic acids is 1. The highest BCUT2D eigenvalue weighted by Gasteiger charge is 2.23. The lowest BCUT2D eigenvalue weighted by atomic mass is 10.1. The largest absolute Gasteiger partial charge is 0.355 e. The Morgan fingerprint density at radius 2 is 1.84 bits per heavy atom. The molecule has 1 N–H and O–H groups in total. The molecule has 0 unspecified atom stereocenters. The lowest BCUT2D eigenvalue weighted by Gasteiger charge is -2.18. The molecule has 0 aliphatic carbocycles. The number of thioether (sulfide) groups is 1. The van der Waals surface area contributed by atoms with Crippen LogP contribution in [-0.4, -0.2) is 58.6 Å². The molecule has 0 saturated carbocycles. The molecule has 8 nitrogen and oxygen atoms in total. The summed E-state index contributed by atoms with van der Waals surface area (Å²) in [6.07, 6.45) is 2.21. The maximum atomic E-state index is 12.8. The van der Waals surface area contributed by atoms with Crippen molar-refractivity contribution in [3.8, 4) is 0 Å². The first-order valence-electron chi connectivity index (χ1n) is 9.84. The summed E-state index contributed by atoms with van der Waals surface area (Å²) in [7, 11) is -3.60. The van der Waals surface area contributed by atoms with Crippen LogP contribution in [0.3, 0.4) is 0 Å². The average molecular weight is 482 g/mol. The normalized spacial score (nSPS) is 11.9. The summed E-state index contributed by atoms with van der Waals surface area (Å²) in [6, 6.07) is 10.6. The van der Waals surface area contributed by atoms with Crippen molar-refractivity contribution in [1.82, 2.24) is 24.2 Å². The van der Waals surface area contributed by atoms with Crippen molar-refractivity contribution in [2.24, 2.45) is 0 Å². The summed E-state index contributed by atoms with van der Waals surface area (Å²) < 4.78 is 28.6. The highest BCUT2D eigenvalue weighted by molar-refractivity contribution is 7.99. The van der Waals surface area contributed by atoms with Crippen LogP contribution in [0.1, 0.15) is 19.4 Å². The molecule has 0 aliphatic rings. The van der Waals surface area contributed by atoms with Crippen molar-refractivity contribution < 1.29 is 13.2 Å². The van der Waals surface area contributed by atoms with Crippen LogP contribution in [0.15, 0.2) is 52.6 Å². The van der Waals surface area contributed by atoms with Gasteiger partial charge < -0.3 is 5.32 Å². The van der Waals surface area contributed by atoms with E-state index in [0.717, 1.165) is 5.56 Å². The number of nitrogens with zero attached hydrogens (tertiary/aromatic N) is 4. The molecule has 11 heteroatoms. The average Bonchev–Trinajstić information content (AvgIpc) is 3.16. The Kier molecular flexibility index (Phi) is 7.93. The van der Waals surface area contributed by atoms with Gasteiger partial charge in [0.2, 0.25) is 15.9 Å². The van der Waals surface area contributed by atoms with Crippen molar-refractivity contribution in [3.05, 3.63) is 53.2 Å². The number of nitrogens with one attached hydrogen (secondary N) is 1. The molecule has 0 spiro atoms. The van der Waals surface area contributed by atoms with Gasteiger partial charge in [0.15, 0.2) is 10.8 Å². The zero-order valence-electron chi connectivity index (χ0n) is 17.3. The molecule has 1 amide bonds. The quantitative estimate of drug-likeness (QED) is 0.447. The monoisotopic (exact) mass is 481 g/mol. The number of halogens is 1. The van der Waals surface area contributed by atoms with Crippen LogP contribution in [0.2, 0.25) is 5.02 Å². The smallest absolute Gasteiger partial charge is 0.244 e. The molecule has 3 aromatic rings. The van der Waals surface area contributed by atoms with Crippen LogP contribution < -0.4 is 5.32 Å². The lowest BCUT2D eigenvalue weighted by Crippen LogP contribution is -2.30. The molecule has 0 bridgehead atoms. The van der Waals surface area contributed by atoms with Crippen molar-refractivity contribution in [2.45, 2.75) is 30.3 Å². The Balaban J connectivity index is 1.62. The van der Waals surface area contributed by atoms with Crippen LogP contribution in [0.25, 0.3) is 5.65 Å². The van der Waals surface area contributed by atoms with Crippen LogP contribution in [0.5, 0.6) is 0 Å². The summed E-state index contributed by atoms with van der Waals surface area (Å²) in [5, 5.41) is 12.1. The fourth-order valence-electron chi connectivity index (χ4n) is 2.99. The number of pyridine rings is 1. The van der Waals surface area contributed by atoms with Crippen molar-refractivity contribution in [3.63, 3.8) is 0 Å². The Bertz CT molecular complexity index is 1150. The van der Waals surface area contributed by atoms with Gasteiger partial charge in [-0.1, -0.05) is 49.3 Å². The molecule has 31 heavy (non-hydrogen) atoms. The predicted molar refractivity (Wildman–Crippen MR) is 122 cm³/mol. The maximum Gasteiger partial charge on any atom is 0.244 e. The number of hydrogen-bond donors (Lipinski definition) is 1. The Morgan fingerprint density at radius 3 is 2.52 bits per heavy atom. The van der Waals surface area contributed by atoms with Crippen LogP contribution in [0, 0.1) is 0 Å². The molecule has 0 fully saturated rings. The Morgan fingerprint density at radius 1 is 1.13 bits per heavy atom. The predicted octanol–water partition coefficient (Wildman–Crippen LogP) is 2.86. The molecular weight excluding hydrogens is 458 g/mol. The third-order valence-electron chi connectivity index (χ3n) is 4.67. The molecule has 2 heterocycles. The summed E-state index contributed by atoms with van der Waals surface area (Å²) in [6.45, 7) is 4.87. The van der Waals surface area contributed by atoms with E-state index in [0.29, 0.717) is 41.9 Å². The van der Waals surface area contributed by atoms with E-state index in [2.05, 4.69) is 15.5 Å². The fourth-order valence-corrected chi connectivity index (χ4v) is 5.32. The van der Waals surface area contributed by atoms with E-state index in [1.165, 1.54) is 28.3 Å². The first kappa shape index (κ1) is 23.5. The molecule has 0 saturated heterocycles. The Hall–Kier alpha value is -2.14. The van der Waals surface area contributed by atoms with E-state index in [1.807, 2.05) is 24.3 Å². The topological polar surface area (TPSA) is 96.7 Å². The van der Waals surface area contributed by atoms with Gasteiger partial charge in [0.05, 0.1) is 10.6 Å². The number of benzene rings is 1. The molecule has 0 atom stereocenters. The third kappa shape index (κ3) is 5.76. The van der Waals surface area contributed by atoms with Gasteiger partial charge in [0.25, 0.3) is 0 Å². The zero-order valence-corrected chi connectivity index (χ0v) is 19.7. The van der Waals surface area contributed by atoms with E-state index in [1.54, 1.807) is 24.3 Å². The van der Waals surface area contributed by atoms with Crippen molar-refractivity contribution in [1.29, 1.82) is 0 Å². The number of carbonyl (C=O) groups is 1. The second-order valence-corrected chi connectivity index (χ2v) is 10.00. The van der Waals surface area contributed by atoms with E-state index in [-0.39, 0.29) is 16.6 Å². The van der Waals surface area contributed by atoms with E-state index < -0.39 is 10.0 Å². The second kappa shape index (κ2) is 10.4. The highest BCUT2D eigenvalue weighted by Crippen LogP contribution is 2.21. The first-order chi connectivity index (χ1) is 14.8. The zero-order chi connectivity index (χ0) is 22.4. The van der Waals surface area contributed by atoms with Crippen molar-refractivity contribution >= 4 is 44.9 Å². The number of fused-ring (bicyclic) bond motifs is 1. The lowest BCUT2D eigenvalue weighted by molar-refractivity contribution is -0.118. The minimum Gasteiger partial charge on any atom is -0.355 e. The molecule has 2 aromatic heterocycles. The molecule has 3 rings (SSSR count). The van der Waals surface area contributed by atoms with Gasteiger partial charge in [0, 0.05) is 30.9 Å². The molecule has 166 valence electrons. The van der Waals surface area contributed by atoms with Crippen LogP contribution in [-0.2, 0) is 21.2 Å². The summed E-state index contributed by atoms with van der Waals surface area (Å²) >= 11 is 7.07. The standard InChI is InChI=1S/C20H24ClN5O3S2/c1-3-25(4-2)31(28,29)17-9-10-18-23-24-20(26(18)13-17)30-14-19(27)22-12-11-15-5-7-16(21)8-6-15/h5-10,13H,3-4,11-12,14H2,1-2H3,(H,22,27). The highest BCUT2D eigenvalue weighted by atomic mass is 35.5. The molecule has 0 radical (unpaired) electrons. The Labute approximate surface area is 191 Å². The minimum atomic E-state index is -3.60. The van der Waals surface area contributed by atoms with E-state index in [4.69, 9.17) is 11.6 Å². The molecule has 1 aromatic carbocycles. The van der Waals surface area contributed by atoms with Crippen LogP contribution in [0.4, 0.5) is 0 Å². The maximum absolute atomic E-state index is 12.8. The molecular formula is C20H24ClN5O3S2. The number of rotatable bonds is 10. The second-order valence-electron chi connectivity index (χ2n) is 6.68. The SMILES string of the molecule is CCN(CC)S(=O)(=O)c1ccc2nnc(SCC(=O)NCCc3ccc(Cl)cc3)n2c1. The van der Waals surface area contributed by atoms with E-state index in [9.17, 15) is 13.2 Å². The van der Waals surface area contributed by atoms with Crippen molar-refractivity contribution in [2.75, 3.05) is 25.4 Å². The third-order valence-corrected chi connectivity index (χ3v) is 7.90. The number of hydrogen-bond acceptors (Lipinski definition) is 6. The van der Waals surface area contributed by atoms with Gasteiger partial charge in [-0.25, -0.2) is 8.42 Å². The first-order valence-corrected chi connectivity index (χ1v) is 12.6. The van der Waals surface area contributed by atoms with Gasteiger partial charge in [-0.15, -0.1) is 10.2 Å². The van der Waals surface area contributed by atoms with Gasteiger partial charge in [-0.2, -0.15) is 4.31 Å². The molecule has 0 aliphatic heterocycles. The minimum absolute atomic E-state index is 0.136. The summed E-state index contributed by atoms with van der Waals surface area (Å²) in [4.78, 5) is 12.4. The summed E-state index contributed by atoms with van der Waals surface area (Å²) in [5.74, 6) is 0.0108. The fraction of sp³-hybridized carbons (Fsp3) is 0.350. The van der Waals surface area contributed by atoms with E-state index >= 15 is 0 Å². The number of amides is 1. The van der Waals surface area contributed by atoms with Gasteiger partial charge in [-0.3, -0.25) is 9.20 Å². The number of aromatic nitrogens is 3. The van der Waals surface area contributed by atoms with Crippen LogP contribution >= 0.6 is 23.4 Å². The summed E-state index contributed by atoms with van der Waals surface area (Å²) in [5.41, 5.74) is 1.60. The van der Waals surface area contributed by atoms with Gasteiger partial charge >= 0.3 is 0 Å². The van der Waals surface area contributed by atoms with Gasteiger partial charge in [0.1, 0.15) is 0 Å². The van der Waals surface area contributed by atoms with Gasteiger partial charge in [-0.05, 0) is 36.2 Å².